The van der Waals surface area contributed by atoms with Gasteiger partial charge < -0.3 is 15.0 Å². The third kappa shape index (κ3) is 3.02. The number of aliphatic hydroxyl groups is 1. The smallest absolute Gasteiger partial charge is 0.262 e. The van der Waals surface area contributed by atoms with Crippen LogP contribution in [0.2, 0.25) is 0 Å². The maximum atomic E-state index is 12.7. The Bertz CT molecular complexity index is 936. The van der Waals surface area contributed by atoms with Crippen molar-refractivity contribution in [3.05, 3.63) is 52.3 Å². The highest BCUT2D eigenvalue weighted by Crippen LogP contribution is 2.16. The predicted molar refractivity (Wildman–Crippen MR) is 95.6 cm³/mol. The number of aliphatic hydroxyl groups excluding tert-OH is 1. The zero-order valence-electron chi connectivity index (χ0n) is 14.0. The number of hydrogen-bond donors (Lipinski definition) is 2. The minimum absolute atomic E-state index is 0.118. The maximum absolute atomic E-state index is 12.7. The van der Waals surface area contributed by atoms with E-state index in [9.17, 15) is 9.90 Å². The Hall–Kier alpha value is -2.67. The van der Waals surface area contributed by atoms with Gasteiger partial charge in [-0.2, -0.15) is 0 Å². The van der Waals surface area contributed by atoms with E-state index >= 15 is 0 Å². The number of imidazole rings is 1. The summed E-state index contributed by atoms with van der Waals surface area (Å²) in [6, 6.07) is 7.25. The number of nitrogens with one attached hydrogen (secondary N) is 1. The lowest BCUT2D eigenvalue weighted by Crippen LogP contribution is -2.26. The van der Waals surface area contributed by atoms with Gasteiger partial charge in [-0.05, 0) is 25.0 Å². The van der Waals surface area contributed by atoms with Crippen LogP contribution in [0.25, 0.3) is 10.9 Å². The van der Waals surface area contributed by atoms with Gasteiger partial charge in [0.05, 0.1) is 36.3 Å². The number of fused-ring (bicyclic) bond motifs is 2. The fourth-order valence-electron chi connectivity index (χ4n) is 3.34. The molecule has 0 fully saturated rings. The molecule has 1 aliphatic rings. The number of para-hydroxylation sites is 1. The molecule has 25 heavy (non-hydrogen) atoms. The Labute approximate surface area is 145 Å². The lowest BCUT2D eigenvalue weighted by atomic mass is 10.2. The van der Waals surface area contributed by atoms with Crippen LogP contribution in [0.4, 0.5) is 5.95 Å². The van der Waals surface area contributed by atoms with Gasteiger partial charge in [-0.1, -0.05) is 12.1 Å². The summed E-state index contributed by atoms with van der Waals surface area (Å²) < 4.78 is 3.69. The Morgan fingerprint density at radius 3 is 2.92 bits per heavy atom. The minimum atomic E-state index is -0.147. The first-order valence-corrected chi connectivity index (χ1v) is 8.65. The summed E-state index contributed by atoms with van der Waals surface area (Å²) in [7, 11) is 0. The molecule has 2 N–H and O–H groups in total. The van der Waals surface area contributed by atoms with Crippen molar-refractivity contribution >= 4 is 16.9 Å². The highest BCUT2D eigenvalue weighted by molar-refractivity contribution is 5.78. The Morgan fingerprint density at radius 2 is 2.08 bits per heavy atom. The van der Waals surface area contributed by atoms with Crippen LogP contribution in [-0.4, -0.2) is 30.8 Å². The fraction of sp³-hybridized carbons (Fsp3) is 0.389. The van der Waals surface area contributed by atoms with Crippen LogP contribution in [-0.2, 0) is 26.1 Å². The quantitative estimate of drug-likeness (QED) is 0.736. The number of hydrogen-bond acceptors (Lipinski definition) is 5. The molecule has 3 aromatic rings. The van der Waals surface area contributed by atoms with E-state index in [0.717, 1.165) is 24.5 Å². The predicted octanol–water partition coefficient (Wildman–Crippen LogP) is 1.53. The number of benzene rings is 1. The lowest BCUT2D eigenvalue weighted by Gasteiger charge is -2.13. The standard InChI is InChI=1S/C18H21N5O2/c24-10-9-23-17(25)14-5-1-2-6-15(14)21-18(23)19-11-13-12-22-8-4-3-7-16(22)20-13/h1-2,5-6,12,24H,3-4,7-11H2,(H,19,21). The second kappa shape index (κ2) is 6.68. The van der Waals surface area contributed by atoms with Gasteiger partial charge in [-0.3, -0.25) is 9.36 Å². The van der Waals surface area contributed by atoms with Gasteiger partial charge in [0.25, 0.3) is 5.56 Å². The minimum Gasteiger partial charge on any atom is -0.395 e. The van der Waals surface area contributed by atoms with Crippen molar-refractivity contribution in [2.45, 2.75) is 38.9 Å². The third-order valence-corrected chi connectivity index (χ3v) is 4.57. The van der Waals surface area contributed by atoms with Crippen molar-refractivity contribution < 1.29 is 5.11 Å². The summed E-state index contributed by atoms with van der Waals surface area (Å²) >= 11 is 0. The molecule has 0 saturated carbocycles. The number of aryl methyl sites for hydroxylation is 2. The SMILES string of the molecule is O=c1c2ccccc2nc(NCc2cn3c(n2)CCCC3)n1CCO. The molecule has 7 heteroatoms. The fourth-order valence-corrected chi connectivity index (χ4v) is 3.34. The summed E-state index contributed by atoms with van der Waals surface area (Å²) in [6.07, 6.45) is 5.46. The van der Waals surface area contributed by atoms with Crippen LogP contribution in [0.1, 0.15) is 24.4 Å². The van der Waals surface area contributed by atoms with Crippen LogP contribution >= 0.6 is 0 Å². The largest absolute Gasteiger partial charge is 0.395 e. The number of aromatic nitrogens is 4. The van der Waals surface area contributed by atoms with Crippen LogP contribution in [0.5, 0.6) is 0 Å². The third-order valence-electron chi connectivity index (χ3n) is 4.57. The zero-order chi connectivity index (χ0) is 17.2. The summed E-state index contributed by atoms with van der Waals surface area (Å²) in [5, 5.41) is 13.1. The molecule has 130 valence electrons. The molecule has 0 spiro atoms. The molecule has 0 amide bonds. The molecule has 7 nitrogen and oxygen atoms in total. The maximum Gasteiger partial charge on any atom is 0.262 e. The van der Waals surface area contributed by atoms with Gasteiger partial charge in [-0.15, -0.1) is 0 Å². The zero-order valence-corrected chi connectivity index (χ0v) is 14.0. The summed E-state index contributed by atoms with van der Waals surface area (Å²) in [6.45, 7) is 1.61. The Balaban J connectivity index is 1.65. The molecule has 0 saturated heterocycles. The van der Waals surface area contributed by atoms with Crippen LogP contribution in [0.3, 0.4) is 0 Å². The van der Waals surface area contributed by atoms with Crippen LogP contribution in [0.15, 0.2) is 35.3 Å². The molecule has 0 unspecified atom stereocenters. The highest BCUT2D eigenvalue weighted by atomic mass is 16.3. The van der Waals surface area contributed by atoms with E-state index in [-0.39, 0.29) is 18.7 Å². The van der Waals surface area contributed by atoms with Crippen LogP contribution < -0.4 is 10.9 Å². The van der Waals surface area contributed by atoms with E-state index in [0.29, 0.717) is 23.4 Å². The monoisotopic (exact) mass is 339 g/mol. The number of rotatable bonds is 5. The molecule has 1 aliphatic heterocycles. The van der Waals surface area contributed by atoms with E-state index in [1.54, 1.807) is 6.07 Å². The van der Waals surface area contributed by atoms with Crippen LogP contribution in [0, 0.1) is 0 Å². The molecule has 1 aromatic carbocycles. The normalized spacial score (nSPS) is 13.8. The topological polar surface area (TPSA) is 85.0 Å². The van der Waals surface area contributed by atoms with Gasteiger partial charge in [-0.25, -0.2) is 9.97 Å². The van der Waals surface area contributed by atoms with Crippen molar-refractivity contribution in [3.8, 4) is 0 Å². The van der Waals surface area contributed by atoms with Gasteiger partial charge >= 0.3 is 0 Å². The first-order chi connectivity index (χ1) is 12.3. The van der Waals surface area contributed by atoms with E-state index < -0.39 is 0 Å². The average Bonchev–Trinajstić information content (AvgIpc) is 3.06. The molecular weight excluding hydrogens is 318 g/mol. The van der Waals surface area contributed by atoms with E-state index in [4.69, 9.17) is 0 Å². The van der Waals surface area contributed by atoms with Gasteiger partial charge in [0.1, 0.15) is 5.82 Å². The molecule has 2 aromatic heterocycles. The summed E-state index contributed by atoms with van der Waals surface area (Å²) in [4.78, 5) is 21.9. The average molecular weight is 339 g/mol. The van der Waals surface area contributed by atoms with Gasteiger partial charge in [0, 0.05) is 19.2 Å². The van der Waals surface area contributed by atoms with Crippen molar-refractivity contribution in [3.63, 3.8) is 0 Å². The molecule has 0 atom stereocenters. The van der Waals surface area contributed by atoms with Crippen molar-refractivity contribution in [1.82, 2.24) is 19.1 Å². The van der Waals surface area contributed by atoms with E-state index in [2.05, 4.69) is 26.0 Å². The Morgan fingerprint density at radius 1 is 1.20 bits per heavy atom. The second-order valence-electron chi connectivity index (χ2n) is 6.29. The van der Waals surface area contributed by atoms with Crippen molar-refractivity contribution in [2.24, 2.45) is 0 Å². The first kappa shape index (κ1) is 15.8. The van der Waals surface area contributed by atoms with Crippen molar-refractivity contribution in [2.75, 3.05) is 11.9 Å². The van der Waals surface area contributed by atoms with Crippen molar-refractivity contribution in [1.29, 1.82) is 0 Å². The summed E-state index contributed by atoms with van der Waals surface area (Å²) in [5.74, 6) is 1.59. The first-order valence-electron chi connectivity index (χ1n) is 8.65. The molecular formula is C18H21N5O2. The van der Waals surface area contributed by atoms with Gasteiger partial charge in [0.2, 0.25) is 5.95 Å². The number of anilines is 1. The Kier molecular flexibility index (Phi) is 4.23. The van der Waals surface area contributed by atoms with Gasteiger partial charge in [0.15, 0.2) is 0 Å². The molecule has 4 rings (SSSR count). The molecule has 0 bridgehead atoms. The summed E-state index contributed by atoms with van der Waals surface area (Å²) in [5.41, 5.74) is 1.44. The molecule has 3 heterocycles. The van der Waals surface area contributed by atoms with E-state index in [1.165, 1.54) is 17.4 Å². The molecule has 0 radical (unpaired) electrons. The number of nitrogens with zero attached hydrogens (tertiary/aromatic N) is 4. The van der Waals surface area contributed by atoms with E-state index in [1.807, 2.05) is 18.2 Å². The second-order valence-corrected chi connectivity index (χ2v) is 6.29. The molecule has 0 aliphatic carbocycles. The highest BCUT2D eigenvalue weighted by Gasteiger charge is 2.14. The lowest BCUT2D eigenvalue weighted by molar-refractivity contribution is 0.275.